The molecule has 1 N–H and O–H groups in total. The maximum atomic E-state index is 11.4. The van der Waals surface area contributed by atoms with Gasteiger partial charge in [-0.3, -0.25) is 0 Å². The van der Waals surface area contributed by atoms with Crippen molar-refractivity contribution in [2.24, 2.45) is 15.4 Å². The number of amidine groups is 2. The standard InChI is InChI=1S/C15H19N5O2/c1-3-4-5-6-7-8-14-17-15-9-13(21)12(10-16)11(2)20(15,18-14)19-22/h9H,3-8H2,1-2H3/p+1. The quantitative estimate of drug-likeness (QED) is 0.439. The van der Waals surface area contributed by atoms with E-state index in [1.165, 1.54) is 25.3 Å². The van der Waals surface area contributed by atoms with Crippen molar-refractivity contribution in [3.8, 4) is 6.07 Å². The zero-order valence-corrected chi connectivity index (χ0v) is 12.9. The molecule has 0 saturated heterocycles. The Bertz CT molecular complexity index is 639. The van der Waals surface area contributed by atoms with Crippen LogP contribution >= 0.6 is 0 Å². The molecule has 0 radical (unpaired) electrons. The van der Waals surface area contributed by atoms with Gasteiger partial charge in [0, 0.05) is 18.0 Å². The van der Waals surface area contributed by atoms with Gasteiger partial charge in [-0.1, -0.05) is 37.5 Å². The number of hydrogen-bond donors (Lipinski definition) is 1. The van der Waals surface area contributed by atoms with Gasteiger partial charge in [0.15, 0.2) is 22.4 Å². The number of aliphatic hydroxyl groups is 1. The minimum Gasteiger partial charge on any atom is -0.506 e. The number of nitroso groups, excluding NO2 is 1. The van der Waals surface area contributed by atoms with Crippen LogP contribution in [0.2, 0.25) is 0 Å². The summed E-state index contributed by atoms with van der Waals surface area (Å²) in [6.45, 7) is 3.72. The van der Waals surface area contributed by atoms with E-state index in [2.05, 4.69) is 22.3 Å². The van der Waals surface area contributed by atoms with Crippen molar-refractivity contribution in [2.75, 3.05) is 0 Å². The molecule has 0 saturated carbocycles. The minimum atomic E-state index is -0.697. The Labute approximate surface area is 129 Å². The number of rotatable bonds is 7. The predicted molar refractivity (Wildman–Crippen MR) is 83.3 cm³/mol. The summed E-state index contributed by atoms with van der Waals surface area (Å²) < 4.78 is -0.697. The van der Waals surface area contributed by atoms with Gasteiger partial charge in [-0.05, 0) is 11.5 Å². The molecule has 2 aliphatic rings. The monoisotopic (exact) mass is 302 g/mol. The summed E-state index contributed by atoms with van der Waals surface area (Å²) in [7, 11) is 0. The van der Waals surface area contributed by atoms with E-state index in [9.17, 15) is 10.0 Å². The molecule has 2 rings (SSSR count). The molecule has 0 spiro atoms. The van der Waals surface area contributed by atoms with E-state index < -0.39 is 4.70 Å². The van der Waals surface area contributed by atoms with Gasteiger partial charge in [0.2, 0.25) is 0 Å². The van der Waals surface area contributed by atoms with Gasteiger partial charge in [0.25, 0.3) is 5.84 Å². The van der Waals surface area contributed by atoms with E-state index in [1.807, 2.05) is 6.07 Å². The summed E-state index contributed by atoms with van der Waals surface area (Å²) in [6.07, 6.45) is 7.55. The van der Waals surface area contributed by atoms with Crippen LogP contribution in [0.5, 0.6) is 0 Å². The van der Waals surface area contributed by atoms with Crippen LogP contribution in [0.4, 0.5) is 0 Å². The molecule has 0 bridgehead atoms. The first-order chi connectivity index (χ1) is 10.6. The number of unbranched alkanes of at least 4 members (excludes halogenated alkanes) is 4. The van der Waals surface area contributed by atoms with Crippen molar-refractivity contribution in [3.05, 3.63) is 28.0 Å². The lowest BCUT2D eigenvalue weighted by atomic mass is 10.1. The van der Waals surface area contributed by atoms with Crippen molar-refractivity contribution in [2.45, 2.75) is 52.4 Å². The predicted octanol–water partition coefficient (Wildman–Crippen LogP) is 3.82. The van der Waals surface area contributed by atoms with E-state index >= 15 is 0 Å². The lowest BCUT2D eigenvalue weighted by Gasteiger charge is -2.21. The molecule has 2 heterocycles. The zero-order valence-electron chi connectivity index (χ0n) is 12.9. The highest BCUT2D eigenvalue weighted by Gasteiger charge is 2.50. The van der Waals surface area contributed by atoms with Gasteiger partial charge in [-0.25, -0.2) is 0 Å². The number of hydrogen-bond acceptors (Lipinski definition) is 6. The van der Waals surface area contributed by atoms with E-state index in [1.54, 1.807) is 6.92 Å². The summed E-state index contributed by atoms with van der Waals surface area (Å²) in [5, 5.41) is 26.3. The first kappa shape index (κ1) is 16.0. The Balaban J connectivity index is 2.19. The van der Waals surface area contributed by atoms with E-state index in [4.69, 9.17) is 5.26 Å². The third-order valence-corrected chi connectivity index (χ3v) is 3.91. The van der Waals surface area contributed by atoms with Crippen LogP contribution in [0, 0.1) is 16.2 Å². The van der Waals surface area contributed by atoms with Crippen LogP contribution in [0.1, 0.15) is 52.4 Å². The summed E-state index contributed by atoms with van der Waals surface area (Å²) in [5.74, 6) is 0.580. The van der Waals surface area contributed by atoms with Crippen molar-refractivity contribution in [1.82, 2.24) is 0 Å². The second-order valence-electron chi connectivity index (χ2n) is 5.44. The normalized spacial score (nSPS) is 23.4. The molecule has 2 aliphatic heterocycles. The topological polar surface area (TPSA) is 98.2 Å². The Morgan fingerprint density at radius 3 is 2.73 bits per heavy atom. The fourth-order valence-electron chi connectivity index (χ4n) is 2.60. The summed E-state index contributed by atoms with van der Waals surface area (Å²) in [4.78, 5) is 15.7. The molecular weight excluding hydrogens is 282 g/mol. The Morgan fingerprint density at radius 1 is 1.36 bits per heavy atom. The van der Waals surface area contributed by atoms with Crippen LogP contribution < -0.4 is 0 Å². The van der Waals surface area contributed by atoms with Gasteiger partial charge in [0.1, 0.15) is 11.8 Å². The molecule has 0 aromatic rings. The number of fused-ring (bicyclic) bond motifs is 1. The van der Waals surface area contributed by atoms with Crippen LogP contribution in [0.15, 0.2) is 38.5 Å². The Hall–Kier alpha value is -2.33. The number of aliphatic hydroxyl groups excluding tert-OH is 1. The van der Waals surface area contributed by atoms with E-state index in [-0.39, 0.29) is 22.9 Å². The number of quaternary nitrogens is 1. The van der Waals surface area contributed by atoms with Crippen LogP contribution in [0.3, 0.4) is 0 Å². The van der Waals surface area contributed by atoms with Crippen LogP contribution in [-0.4, -0.2) is 21.5 Å². The Kier molecular flexibility index (Phi) is 4.83. The summed E-state index contributed by atoms with van der Waals surface area (Å²) in [5.41, 5.74) is 0.295. The fraction of sp³-hybridized carbons (Fsp3) is 0.533. The zero-order chi connectivity index (χ0) is 16.2. The molecular formula is C15H20N5O2+. The Morgan fingerprint density at radius 2 is 2.09 bits per heavy atom. The first-order valence-electron chi connectivity index (χ1n) is 7.54. The molecule has 7 nitrogen and oxygen atoms in total. The highest BCUT2D eigenvalue weighted by molar-refractivity contribution is 6.03. The average molecular weight is 302 g/mol. The smallest absolute Gasteiger partial charge is 0.295 e. The van der Waals surface area contributed by atoms with Gasteiger partial charge in [0.05, 0.1) is 6.08 Å². The maximum Gasteiger partial charge on any atom is 0.295 e. The second kappa shape index (κ2) is 6.62. The largest absolute Gasteiger partial charge is 0.506 e. The van der Waals surface area contributed by atoms with Crippen LogP contribution in [0.25, 0.3) is 0 Å². The second-order valence-corrected chi connectivity index (χ2v) is 5.44. The molecule has 7 heteroatoms. The molecule has 0 fully saturated rings. The third-order valence-electron chi connectivity index (χ3n) is 3.91. The van der Waals surface area contributed by atoms with Gasteiger partial charge < -0.3 is 5.11 Å². The SMILES string of the molecule is CCCCCCCC1=N[N+]2(N=O)C(=N1)C=C(O)C(C#N)=C2C. The number of nitriles is 1. The number of allylic oxidation sites excluding steroid dienone is 2. The summed E-state index contributed by atoms with van der Waals surface area (Å²) >= 11 is 0. The van der Waals surface area contributed by atoms with E-state index in [0.29, 0.717) is 12.3 Å². The summed E-state index contributed by atoms with van der Waals surface area (Å²) in [6, 6.07) is 1.88. The molecule has 1 unspecified atom stereocenters. The molecule has 0 aromatic heterocycles. The lowest BCUT2D eigenvalue weighted by molar-refractivity contribution is -0.815. The van der Waals surface area contributed by atoms with Gasteiger partial charge in [-0.2, -0.15) is 10.3 Å². The molecule has 0 aromatic carbocycles. The van der Waals surface area contributed by atoms with Crippen molar-refractivity contribution < 1.29 is 9.81 Å². The van der Waals surface area contributed by atoms with E-state index in [0.717, 1.165) is 12.8 Å². The molecule has 116 valence electrons. The highest BCUT2D eigenvalue weighted by Crippen LogP contribution is 2.35. The number of nitrogens with zero attached hydrogens (tertiary/aromatic N) is 5. The van der Waals surface area contributed by atoms with Crippen LogP contribution in [-0.2, 0) is 0 Å². The van der Waals surface area contributed by atoms with Crippen molar-refractivity contribution >= 4 is 11.7 Å². The maximum absolute atomic E-state index is 11.4. The van der Waals surface area contributed by atoms with Gasteiger partial charge in [-0.15, -0.1) is 0 Å². The molecule has 0 aliphatic carbocycles. The highest BCUT2D eigenvalue weighted by atomic mass is 16.3. The molecule has 22 heavy (non-hydrogen) atoms. The lowest BCUT2D eigenvalue weighted by Crippen LogP contribution is -2.41. The number of aliphatic imine (C=N–C) groups is 1. The van der Waals surface area contributed by atoms with Gasteiger partial charge >= 0.3 is 0 Å². The van der Waals surface area contributed by atoms with Crippen molar-refractivity contribution in [1.29, 1.82) is 5.26 Å². The van der Waals surface area contributed by atoms with Crippen molar-refractivity contribution in [3.63, 3.8) is 0 Å². The molecule has 0 amide bonds. The first-order valence-corrected chi connectivity index (χ1v) is 7.54. The average Bonchev–Trinajstić information content (AvgIpc) is 2.86. The minimum absolute atomic E-state index is 0.0199. The fourth-order valence-corrected chi connectivity index (χ4v) is 2.60. The third kappa shape index (κ3) is 2.70. The molecule has 1 atom stereocenters.